The Bertz CT molecular complexity index is 526. The van der Waals surface area contributed by atoms with Gasteiger partial charge in [-0.25, -0.2) is 0 Å². The molecule has 2 atom stereocenters. The molecule has 1 aliphatic rings. The standard InChI is InChI=1S/C14H15NO2/c16-13-6-3-7-14(13)17-11-8-10-4-1-2-5-12(10)15-9-11/h1-2,4-5,8-9,13-14,16H,3,6-7H2. The van der Waals surface area contributed by atoms with Crippen LogP contribution in [0.25, 0.3) is 10.9 Å². The van der Waals surface area contributed by atoms with Crippen molar-refractivity contribution in [3.63, 3.8) is 0 Å². The summed E-state index contributed by atoms with van der Waals surface area (Å²) >= 11 is 0. The van der Waals surface area contributed by atoms with Gasteiger partial charge in [-0.1, -0.05) is 18.2 Å². The van der Waals surface area contributed by atoms with Crippen LogP contribution in [-0.2, 0) is 0 Å². The van der Waals surface area contributed by atoms with Crippen molar-refractivity contribution < 1.29 is 9.84 Å². The third kappa shape index (κ3) is 2.11. The first-order chi connectivity index (χ1) is 8.33. The molecule has 1 fully saturated rings. The van der Waals surface area contributed by atoms with Crippen LogP contribution in [0.5, 0.6) is 5.75 Å². The molecule has 88 valence electrons. The van der Waals surface area contributed by atoms with Gasteiger partial charge in [0.2, 0.25) is 0 Å². The van der Waals surface area contributed by atoms with Crippen LogP contribution in [0.1, 0.15) is 19.3 Å². The molecule has 3 rings (SSSR count). The van der Waals surface area contributed by atoms with Gasteiger partial charge < -0.3 is 9.84 Å². The Hall–Kier alpha value is -1.61. The Kier molecular flexibility index (Phi) is 2.69. The Morgan fingerprint density at radius 3 is 2.94 bits per heavy atom. The lowest BCUT2D eigenvalue weighted by atomic mass is 10.2. The number of hydrogen-bond acceptors (Lipinski definition) is 3. The normalized spacial score (nSPS) is 24.1. The second-order valence-corrected chi connectivity index (χ2v) is 4.52. The molecule has 3 heteroatoms. The van der Waals surface area contributed by atoms with Gasteiger partial charge in [-0.2, -0.15) is 0 Å². The summed E-state index contributed by atoms with van der Waals surface area (Å²) in [4.78, 5) is 4.34. The van der Waals surface area contributed by atoms with Crippen molar-refractivity contribution in [2.24, 2.45) is 0 Å². The van der Waals surface area contributed by atoms with Crippen LogP contribution >= 0.6 is 0 Å². The predicted octanol–water partition coefficient (Wildman–Crippen LogP) is 2.53. The first-order valence-electron chi connectivity index (χ1n) is 6.02. The van der Waals surface area contributed by atoms with E-state index in [-0.39, 0.29) is 12.2 Å². The lowest BCUT2D eigenvalue weighted by molar-refractivity contribution is 0.0603. The minimum atomic E-state index is -0.332. The molecule has 1 saturated carbocycles. The molecule has 0 spiro atoms. The van der Waals surface area contributed by atoms with Gasteiger partial charge in [0.15, 0.2) is 0 Å². The van der Waals surface area contributed by atoms with Gasteiger partial charge in [-0.05, 0) is 31.4 Å². The largest absolute Gasteiger partial charge is 0.486 e. The maximum absolute atomic E-state index is 9.72. The van der Waals surface area contributed by atoms with Crippen molar-refractivity contribution in [3.05, 3.63) is 36.5 Å². The van der Waals surface area contributed by atoms with Crippen molar-refractivity contribution in [1.29, 1.82) is 0 Å². The number of aliphatic hydroxyl groups is 1. The van der Waals surface area contributed by atoms with E-state index >= 15 is 0 Å². The number of hydrogen-bond donors (Lipinski definition) is 1. The van der Waals surface area contributed by atoms with Crippen LogP contribution in [0.2, 0.25) is 0 Å². The smallest absolute Gasteiger partial charge is 0.138 e. The Balaban J connectivity index is 1.85. The first kappa shape index (κ1) is 10.5. The number of para-hydroxylation sites is 1. The molecule has 1 heterocycles. The molecule has 1 aromatic carbocycles. The summed E-state index contributed by atoms with van der Waals surface area (Å²) in [5.74, 6) is 0.745. The zero-order chi connectivity index (χ0) is 11.7. The minimum absolute atomic E-state index is 0.0713. The highest BCUT2D eigenvalue weighted by molar-refractivity contribution is 5.79. The van der Waals surface area contributed by atoms with E-state index in [4.69, 9.17) is 4.74 Å². The summed E-state index contributed by atoms with van der Waals surface area (Å²) in [6.07, 6.45) is 4.12. The molecule has 2 unspecified atom stereocenters. The van der Waals surface area contributed by atoms with Crippen molar-refractivity contribution in [1.82, 2.24) is 4.98 Å². The predicted molar refractivity (Wildman–Crippen MR) is 66.0 cm³/mol. The number of fused-ring (bicyclic) bond motifs is 1. The second-order valence-electron chi connectivity index (χ2n) is 4.52. The van der Waals surface area contributed by atoms with Gasteiger partial charge in [-0.15, -0.1) is 0 Å². The van der Waals surface area contributed by atoms with Crippen molar-refractivity contribution in [2.75, 3.05) is 0 Å². The third-order valence-corrected chi connectivity index (χ3v) is 3.27. The summed E-state index contributed by atoms with van der Waals surface area (Å²) in [5, 5.41) is 10.8. The molecule has 0 radical (unpaired) electrons. The monoisotopic (exact) mass is 229 g/mol. The van der Waals surface area contributed by atoms with Gasteiger partial charge in [0.25, 0.3) is 0 Å². The van der Waals surface area contributed by atoms with Crippen molar-refractivity contribution in [2.45, 2.75) is 31.5 Å². The molecule has 0 amide bonds. The number of ether oxygens (including phenoxy) is 1. The fourth-order valence-electron chi connectivity index (χ4n) is 2.33. The van der Waals surface area contributed by atoms with Crippen LogP contribution in [0.15, 0.2) is 36.5 Å². The van der Waals surface area contributed by atoms with Crippen LogP contribution in [-0.4, -0.2) is 22.3 Å². The molecule has 0 saturated heterocycles. The number of aromatic nitrogens is 1. The van der Waals surface area contributed by atoms with Gasteiger partial charge in [0, 0.05) is 5.39 Å². The fourth-order valence-corrected chi connectivity index (χ4v) is 2.33. The quantitative estimate of drug-likeness (QED) is 0.860. The van der Waals surface area contributed by atoms with Crippen LogP contribution in [0.3, 0.4) is 0 Å². The van der Waals surface area contributed by atoms with Crippen molar-refractivity contribution in [3.8, 4) is 5.75 Å². The van der Waals surface area contributed by atoms with E-state index in [1.807, 2.05) is 30.3 Å². The van der Waals surface area contributed by atoms with Gasteiger partial charge in [0.1, 0.15) is 11.9 Å². The Morgan fingerprint density at radius 2 is 2.12 bits per heavy atom. The zero-order valence-electron chi connectivity index (χ0n) is 9.54. The van der Waals surface area contributed by atoms with Crippen LogP contribution in [0.4, 0.5) is 0 Å². The molecular formula is C14H15NO2. The van der Waals surface area contributed by atoms with E-state index in [1.54, 1.807) is 6.20 Å². The second kappa shape index (κ2) is 4.34. The Labute approximate surface area is 100 Å². The van der Waals surface area contributed by atoms with E-state index in [0.717, 1.165) is 35.9 Å². The number of benzene rings is 1. The lowest BCUT2D eigenvalue weighted by Gasteiger charge is -2.16. The topological polar surface area (TPSA) is 42.4 Å². The zero-order valence-corrected chi connectivity index (χ0v) is 9.54. The van der Waals surface area contributed by atoms with E-state index in [0.29, 0.717) is 0 Å². The lowest BCUT2D eigenvalue weighted by Crippen LogP contribution is -2.25. The highest BCUT2D eigenvalue weighted by Crippen LogP contribution is 2.25. The average Bonchev–Trinajstić information content (AvgIpc) is 2.75. The SMILES string of the molecule is OC1CCCC1Oc1cnc2ccccc2c1. The van der Waals surface area contributed by atoms with E-state index in [2.05, 4.69) is 4.98 Å². The maximum Gasteiger partial charge on any atom is 0.138 e. The first-order valence-corrected chi connectivity index (χ1v) is 6.02. The van der Waals surface area contributed by atoms with Gasteiger partial charge in [-0.3, -0.25) is 4.98 Å². The summed E-state index contributed by atoms with van der Waals surface area (Å²) < 4.78 is 5.78. The number of pyridine rings is 1. The number of aliphatic hydroxyl groups excluding tert-OH is 1. The molecule has 1 N–H and O–H groups in total. The van der Waals surface area contributed by atoms with E-state index < -0.39 is 0 Å². The minimum Gasteiger partial charge on any atom is -0.486 e. The van der Waals surface area contributed by atoms with Crippen LogP contribution < -0.4 is 4.74 Å². The molecule has 1 aromatic heterocycles. The average molecular weight is 229 g/mol. The molecule has 3 nitrogen and oxygen atoms in total. The van der Waals surface area contributed by atoms with E-state index in [9.17, 15) is 5.11 Å². The summed E-state index contributed by atoms with van der Waals surface area (Å²) in [5.41, 5.74) is 0.965. The van der Waals surface area contributed by atoms with Gasteiger partial charge >= 0.3 is 0 Å². The fraction of sp³-hybridized carbons (Fsp3) is 0.357. The third-order valence-electron chi connectivity index (χ3n) is 3.27. The number of rotatable bonds is 2. The van der Waals surface area contributed by atoms with Gasteiger partial charge in [0.05, 0.1) is 17.8 Å². The molecule has 0 aliphatic heterocycles. The highest BCUT2D eigenvalue weighted by atomic mass is 16.5. The molecule has 0 bridgehead atoms. The number of nitrogens with zero attached hydrogens (tertiary/aromatic N) is 1. The molecular weight excluding hydrogens is 214 g/mol. The molecule has 1 aliphatic carbocycles. The molecule has 17 heavy (non-hydrogen) atoms. The summed E-state index contributed by atoms with van der Waals surface area (Å²) in [6.45, 7) is 0. The summed E-state index contributed by atoms with van der Waals surface area (Å²) in [7, 11) is 0. The van der Waals surface area contributed by atoms with E-state index in [1.165, 1.54) is 0 Å². The van der Waals surface area contributed by atoms with Crippen LogP contribution in [0, 0.1) is 0 Å². The Morgan fingerprint density at radius 1 is 1.24 bits per heavy atom. The van der Waals surface area contributed by atoms with Crippen molar-refractivity contribution >= 4 is 10.9 Å². The molecule has 2 aromatic rings. The maximum atomic E-state index is 9.72. The summed E-state index contributed by atoms with van der Waals surface area (Å²) in [6, 6.07) is 9.92. The highest BCUT2D eigenvalue weighted by Gasteiger charge is 2.26.